The van der Waals surface area contributed by atoms with E-state index in [0.29, 0.717) is 0 Å². The van der Waals surface area contributed by atoms with Gasteiger partial charge in [0.05, 0.1) is 4.92 Å². The van der Waals surface area contributed by atoms with Crippen molar-refractivity contribution < 1.29 is 19.6 Å². The molecule has 1 rings (SSSR count). The monoisotopic (exact) mass is 267 g/mol. The first-order valence-corrected chi connectivity index (χ1v) is 5.42. The van der Waals surface area contributed by atoms with Crippen molar-refractivity contribution in [2.24, 2.45) is 5.73 Å². The molecule has 0 aliphatic rings. The second-order valence-electron chi connectivity index (χ2n) is 3.77. The fourth-order valence-corrected chi connectivity index (χ4v) is 1.57. The molecule has 0 aliphatic carbocycles. The van der Waals surface area contributed by atoms with Crippen LogP contribution in [0.25, 0.3) is 0 Å². The number of nitro benzene ring substituents is 1. The molecule has 0 radical (unpaired) electrons. The van der Waals surface area contributed by atoms with Gasteiger partial charge in [-0.3, -0.25) is 14.9 Å². The molecule has 0 saturated carbocycles. The van der Waals surface area contributed by atoms with Gasteiger partial charge in [0.1, 0.15) is 5.56 Å². The fraction of sp³-hybridized carbons (Fsp3) is 0.273. The molecule has 0 unspecified atom stereocenters. The average molecular weight is 267 g/mol. The molecule has 0 saturated heterocycles. The number of nitrogens with one attached hydrogen (secondary N) is 1. The molecule has 8 nitrogen and oxygen atoms in total. The van der Waals surface area contributed by atoms with Crippen LogP contribution in [0.3, 0.4) is 0 Å². The SMILES string of the molecule is NC(=O)CCNCc1cccc([N+](=O)[O-])c1C(=O)O. The second kappa shape index (κ2) is 6.45. The van der Waals surface area contributed by atoms with Crippen LogP contribution in [-0.4, -0.2) is 28.5 Å². The number of amides is 1. The van der Waals surface area contributed by atoms with Gasteiger partial charge in [-0.05, 0) is 5.56 Å². The van der Waals surface area contributed by atoms with Gasteiger partial charge >= 0.3 is 5.97 Å². The predicted octanol–water partition coefficient (Wildman–Crippen LogP) is 0.258. The zero-order valence-electron chi connectivity index (χ0n) is 9.96. The predicted molar refractivity (Wildman–Crippen MR) is 65.6 cm³/mol. The van der Waals surface area contributed by atoms with E-state index in [-0.39, 0.29) is 30.6 Å². The Morgan fingerprint density at radius 3 is 2.63 bits per heavy atom. The van der Waals surface area contributed by atoms with Crippen LogP contribution in [0.4, 0.5) is 5.69 Å². The summed E-state index contributed by atoms with van der Waals surface area (Å²) in [6.45, 7) is 0.383. The summed E-state index contributed by atoms with van der Waals surface area (Å²) in [5.74, 6) is -1.84. The second-order valence-corrected chi connectivity index (χ2v) is 3.77. The number of carbonyl (C=O) groups is 2. The minimum absolute atomic E-state index is 0.108. The molecule has 4 N–H and O–H groups in total. The Morgan fingerprint density at radius 1 is 1.42 bits per heavy atom. The molecule has 0 aliphatic heterocycles. The summed E-state index contributed by atoms with van der Waals surface area (Å²) >= 11 is 0. The van der Waals surface area contributed by atoms with Crippen molar-refractivity contribution in [3.05, 3.63) is 39.4 Å². The Labute approximate surface area is 108 Å². The summed E-state index contributed by atoms with van der Waals surface area (Å²) < 4.78 is 0. The molecule has 0 heterocycles. The maximum Gasteiger partial charge on any atom is 0.343 e. The van der Waals surface area contributed by atoms with Gasteiger partial charge in [-0.2, -0.15) is 0 Å². The number of nitro groups is 1. The molecule has 0 atom stereocenters. The lowest BCUT2D eigenvalue weighted by molar-refractivity contribution is -0.385. The maximum atomic E-state index is 11.1. The summed E-state index contributed by atoms with van der Waals surface area (Å²) in [6, 6.07) is 4.03. The number of primary amides is 1. The minimum atomic E-state index is -1.36. The van der Waals surface area contributed by atoms with Crippen LogP contribution in [-0.2, 0) is 11.3 Å². The lowest BCUT2D eigenvalue weighted by Gasteiger charge is -2.07. The zero-order chi connectivity index (χ0) is 14.4. The third kappa shape index (κ3) is 4.03. The van der Waals surface area contributed by atoms with Gasteiger partial charge in [-0.15, -0.1) is 0 Å². The standard InChI is InChI=1S/C11H13N3O5/c12-9(15)4-5-13-6-7-2-1-3-8(14(18)19)10(7)11(16)17/h1-3,13H,4-6H2,(H2,12,15)(H,16,17). The summed E-state index contributed by atoms with van der Waals surface area (Å²) in [7, 11) is 0. The van der Waals surface area contributed by atoms with Gasteiger partial charge in [0.25, 0.3) is 5.69 Å². The van der Waals surface area contributed by atoms with Crippen molar-refractivity contribution in [1.82, 2.24) is 5.32 Å². The van der Waals surface area contributed by atoms with Crippen LogP contribution in [0.2, 0.25) is 0 Å². The van der Waals surface area contributed by atoms with E-state index in [2.05, 4.69) is 5.32 Å². The van der Waals surface area contributed by atoms with Crippen LogP contribution >= 0.6 is 0 Å². The normalized spacial score (nSPS) is 10.1. The molecule has 102 valence electrons. The number of carboxylic acids is 1. The van der Waals surface area contributed by atoms with Crippen molar-refractivity contribution in [2.45, 2.75) is 13.0 Å². The van der Waals surface area contributed by atoms with Crippen molar-refractivity contribution >= 4 is 17.6 Å². The molecule has 0 spiro atoms. The molecule has 19 heavy (non-hydrogen) atoms. The topological polar surface area (TPSA) is 136 Å². The summed E-state index contributed by atoms with van der Waals surface area (Å²) in [4.78, 5) is 31.6. The first-order valence-electron chi connectivity index (χ1n) is 5.42. The highest BCUT2D eigenvalue weighted by molar-refractivity contribution is 5.94. The van der Waals surface area contributed by atoms with E-state index in [4.69, 9.17) is 10.8 Å². The van der Waals surface area contributed by atoms with Crippen LogP contribution in [0.15, 0.2) is 18.2 Å². The molecule has 1 aromatic rings. The number of carboxylic acid groups (broad SMARTS) is 1. The fourth-order valence-electron chi connectivity index (χ4n) is 1.57. The number of hydrogen-bond acceptors (Lipinski definition) is 5. The molecule has 0 bridgehead atoms. The van der Waals surface area contributed by atoms with Crippen molar-refractivity contribution in [1.29, 1.82) is 0 Å². The summed E-state index contributed by atoms with van der Waals surface area (Å²) in [6.07, 6.45) is 0.108. The van der Waals surface area contributed by atoms with E-state index < -0.39 is 22.5 Å². The van der Waals surface area contributed by atoms with Crippen LogP contribution in [0.5, 0.6) is 0 Å². The van der Waals surface area contributed by atoms with E-state index in [1.807, 2.05) is 0 Å². The number of aromatic carboxylic acids is 1. The average Bonchev–Trinajstić information content (AvgIpc) is 2.33. The lowest BCUT2D eigenvalue weighted by atomic mass is 10.1. The Bertz CT molecular complexity index is 515. The first kappa shape index (κ1) is 14.6. The van der Waals surface area contributed by atoms with Gasteiger partial charge < -0.3 is 16.2 Å². The Kier molecular flexibility index (Phi) is 4.95. The number of hydrogen-bond donors (Lipinski definition) is 3. The quantitative estimate of drug-likeness (QED) is 0.368. The highest BCUT2D eigenvalue weighted by Gasteiger charge is 2.22. The van der Waals surface area contributed by atoms with Crippen LogP contribution < -0.4 is 11.1 Å². The Balaban J connectivity index is 2.88. The summed E-state index contributed by atoms with van der Waals surface area (Å²) in [5, 5.41) is 22.6. The molecule has 1 amide bonds. The Morgan fingerprint density at radius 2 is 2.11 bits per heavy atom. The molecular formula is C11H13N3O5. The van der Waals surface area contributed by atoms with Gasteiger partial charge in [-0.25, -0.2) is 4.79 Å². The molecule has 1 aromatic carbocycles. The lowest BCUT2D eigenvalue weighted by Crippen LogP contribution is -2.22. The highest BCUT2D eigenvalue weighted by Crippen LogP contribution is 2.22. The van der Waals surface area contributed by atoms with Gasteiger partial charge in [-0.1, -0.05) is 12.1 Å². The van der Waals surface area contributed by atoms with Crippen molar-refractivity contribution in [3.63, 3.8) is 0 Å². The van der Waals surface area contributed by atoms with E-state index in [1.54, 1.807) is 0 Å². The van der Waals surface area contributed by atoms with Gasteiger partial charge in [0.15, 0.2) is 0 Å². The maximum absolute atomic E-state index is 11.1. The minimum Gasteiger partial charge on any atom is -0.477 e. The zero-order valence-corrected chi connectivity index (χ0v) is 9.96. The van der Waals surface area contributed by atoms with Crippen LogP contribution in [0, 0.1) is 10.1 Å². The number of benzene rings is 1. The van der Waals surface area contributed by atoms with Crippen molar-refractivity contribution in [3.8, 4) is 0 Å². The highest BCUT2D eigenvalue weighted by atomic mass is 16.6. The molecule has 0 fully saturated rings. The number of carbonyl (C=O) groups excluding carboxylic acids is 1. The summed E-state index contributed by atoms with van der Waals surface area (Å²) in [5.41, 5.74) is 4.43. The molecular weight excluding hydrogens is 254 g/mol. The Hall–Kier alpha value is -2.48. The van der Waals surface area contributed by atoms with E-state index in [1.165, 1.54) is 12.1 Å². The third-order valence-corrected chi connectivity index (χ3v) is 2.40. The van der Waals surface area contributed by atoms with E-state index >= 15 is 0 Å². The molecule has 0 aromatic heterocycles. The van der Waals surface area contributed by atoms with E-state index in [9.17, 15) is 19.7 Å². The first-order chi connectivity index (χ1) is 8.93. The number of nitrogens with two attached hydrogens (primary N) is 1. The molecule has 8 heteroatoms. The van der Waals surface area contributed by atoms with Crippen molar-refractivity contribution in [2.75, 3.05) is 6.54 Å². The van der Waals surface area contributed by atoms with Gasteiger partial charge in [0, 0.05) is 25.6 Å². The largest absolute Gasteiger partial charge is 0.477 e. The smallest absolute Gasteiger partial charge is 0.343 e. The van der Waals surface area contributed by atoms with Gasteiger partial charge in [0.2, 0.25) is 5.91 Å². The van der Waals surface area contributed by atoms with E-state index in [0.717, 1.165) is 6.07 Å². The number of rotatable bonds is 7. The van der Waals surface area contributed by atoms with Crippen LogP contribution in [0.1, 0.15) is 22.3 Å². The third-order valence-electron chi connectivity index (χ3n) is 2.40. The number of nitrogens with zero attached hydrogens (tertiary/aromatic N) is 1.